The highest BCUT2D eigenvalue weighted by Crippen LogP contribution is 2.13. The molecule has 0 aromatic carbocycles. The lowest BCUT2D eigenvalue weighted by Crippen LogP contribution is -2.53. The van der Waals surface area contributed by atoms with E-state index in [9.17, 15) is 32.3 Å². The van der Waals surface area contributed by atoms with Gasteiger partial charge < -0.3 is 37.4 Å². The smallest absolute Gasteiger partial charge is 0.481 e. The normalized spacial score (nSPS) is 12.4. The van der Waals surface area contributed by atoms with Gasteiger partial charge in [0.1, 0.15) is 12.1 Å². The van der Waals surface area contributed by atoms with E-state index < -0.39 is 60.3 Å². The molecule has 0 rings (SSSR count). The van der Waals surface area contributed by atoms with Crippen molar-refractivity contribution in [1.29, 1.82) is 0 Å². The Labute approximate surface area is 186 Å². The number of carboxylic acids is 3. The third-order valence-electron chi connectivity index (χ3n) is 3.61. The zero-order valence-corrected chi connectivity index (χ0v) is 17.9. The van der Waals surface area contributed by atoms with Gasteiger partial charge in [-0.1, -0.05) is 13.8 Å². The number of carbonyl (C=O) groups excluding carboxylic acids is 2. The van der Waals surface area contributed by atoms with Crippen LogP contribution in [0.15, 0.2) is 4.99 Å². The van der Waals surface area contributed by atoms with Crippen molar-refractivity contribution >= 4 is 35.7 Å². The molecule has 0 unspecified atom stereocenters. The number of amides is 2. The van der Waals surface area contributed by atoms with Gasteiger partial charge in [-0.05, 0) is 18.8 Å². The second-order valence-corrected chi connectivity index (χ2v) is 6.85. The number of nitrogens with two attached hydrogens (primary N) is 2. The van der Waals surface area contributed by atoms with E-state index in [2.05, 4.69) is 15.6 Å². The molecule has 9 N–H and O–H groups in total. The summed E-state index contributed by atoms with van der Waals surface area (Å²) in [5.74, 6) is -7.13. The Bertz CT molecular complexity index is 724. The van der Waals surface area contributed by atoms with E-state index in [4.69, 9.17) is 31.6 Å². The molecule has 0 aliphatic heterocycles. The second kappa shape index (κ2) is 15.3. The minimum Gasteiger partial charge on any atom is -0.481 e. The topological polar surface area (TPSA) is 234 Å². The van der Waals surface area contributed by atoms with Crippen LogP contribution in [-0.2, 0) is 24.0 Å². The van der Waals surface area contributed by atoms with Gasteiger partial charge in [0.15, 0.2) is 5.96 Å². The Morgan fingerprint density at radius 3 is 1.85 bits per heavy atom. The molecular weight excluding hydrogens is 459 g/mol. The fourth-order valence-electron chi connectivity index (χ4n) is 2.02. The molecule has 16 heteroatoms. The van der Waals surface area contributed by atoms with E-state index in [1.807, 2.05) is 0 Å². The molecule has 13 nitrogen and oxygen atoms in total. The Morgan fingerprint density at radius 2 is 1.48 bits per heavy atom. The summed E-state index contributed by atoms with van der Waals surface area (Å²) in [6.07, 6.45) is -4.71. The van der Waals surface area contributed by atoms with Gasteiger partial charge in [-0.25, -0.2) is 9.59 Å². The lowest BCUT2D eigenvalue weighted by Gasteiger charge is -2.22. The monoisotopic (exact) mass is 487 g/mol. The van der Waals surface area contributed by atoms with E-state index in [-0.39, 0.29) is 12.4 Å². The molecule has 0 radical (unpaired) electrons. The summed E-state index contributed by atoms with van der Waals surface area (Å²) >= 11 is 0. The third-order valence-corrected chi connectivity index (χ3v) is 3.61. The van der Waals surface area contributed by atoms with Crippen molar-refractivity contribution in [2.45, 2.75) is 57.8 Å². The molecular formula is C17H28F3N5O8. The van der Waals surface area contributed by atoms with E-state index in [0.29, 0.717) is 19.4 Å². The number of guanidine groups is 1. The molecule has 0 aliphatic carbocycles. The average Bonchev–Trinajstić information content (AvgIpc) is 2.63. The Balaban J connectivity index is 0. The summed E-state index contributed by atoms with van der Waals surface area (Å²) in [5, 5.41) is 29.7. The number of nitrogens with one attached hydrogen (secondary N) is 2. The summed E-state index contributed by atoms with van der Waals surface area (Å²) in [4.78, 5) is 58.8. The highest BCUT2D eigenvalue weighted by Gasteiger charge is 2.38. The molecule has 0 aromatic rings. The summed E-state index contributed by atoms with van der Waals surface area (Å²) in [7, 11) is 0. The summed E-state index contributed by atoms with van der Waals surface area (Å²) in [6, 6.07) is -2.55. The standard InChI is InChI=1S/C15H27N5O6.C2HF3O2/c1-8(2)12(14(25)26)20-13(24)9(7-11(22)23)19-10(21)5-3-4-6-18-15(16)17;3-2(4,5)1(6)7/h8-9,12H,3-7H2,1-2H3,(H,19,21)(H,20,24)(H,22,23)(H,25,26)(H4,16,17,18);(H,6,7)/t9-,12-;/m0./s1. The molecule has 0 saturated heterocycles. The number of rotatable bonds is 12. The number of hydrogen-bond acceptors (Lipinski definition) is 6. The lowest BCUT2D eigenvalue weighted by atomic mass is 10.0. The predicted octanol–water partition coefficient (Wildman–Crippen LogP) is -0.752. The molecule has 2 amide bonds. The van der Waals surface area contributed by atoms with Gasteiger partial charge >= 0.3 is 24.1 Å². The number of alkyl halides is 3. The molecule has 0 fully saturated rings. The number of aliphatic imine (C=N–C) groups is 1. The van der Waals surface area contributed by atoms with Crippen molar-refractivity contribution in [3.05, 3.63) is 0 Å². The summed E-state index contributed by atoms with van der Waals surface area (Å²) < 4.78 is 31.7. The van der Waals surface area contributed by atoms with Gasteiger partial charge in [0.05, 0.1) is 6.42 Å². The van der Waals surface area contributed by atoms with Crippen molar-refractivity contribution in [2.75, 3.05) is 6.54 Å². The Morgan fingerprint density at radius 1 is 0.970 bits per heavy atom. The second-order valence-electron chi connectivity index (χ2n) is 6.85. The Kier molecular flexibility index (Phi) is 14.6. The van der Waals surface area contributed by atoms with Crippen molar-refractivity contribution in [1.82, 2.24) is 10.6 Å². The number of hydrogen-bond donors (Lipinski definition) is 7. The first kappa shape index (κ1) is 31.6. The van der Waals surface area contributed by atoms with Crippen LogP contribution in [-0.4, -0.2) is 75.8 Å². The SMILES string of the molecule is CC(C)[C@H](NC(=O)[C@H](CC(=O)O)NC(=O)CCCCN=C(N)N)C(=O)O.O=C(O)C(F)(F)F. The van der Waals surface area contributed by atoms with E-state index >= 15 is 0 Å². The van der Waals surface area contributed by atoms with Gasteiger partial charge in [0, 0.05) is 13.0 Å². The average molecular weight is 487 g/mol. The predicted molar refractivity (Wildman–Crippen MR) is 107 cm³/mol. The molecule has 33 heavy (non-hydrogen) atoms. The highest BCUT2D eigenvalue weighted by molar-refractivity contribution is 5.92. The zero-order chi connectivity index (χ0) is 26.4. The molecule has 0 bridgehead atoms. The molecule has 0 aliphatic rings. The molecule has 0 aromatic heterocycles. The third kappa shape index (κ3) is 16.7. The van der Waals surface area contributed by atoms with Gasteiger partial charge in [0.25, 0.3) is 0 Å². The minimum atomic E-state index is -5.08. The molecule has 0 saturated carbocycles. The molecule has 190 valence electrons. The van der Waals surface area contributed by atoms with Gasteiger partial charge in [-0.2, -0.15) is 13.2 Å². The first-order chi connectivity index (χ1) is 15.0. The largest absolute Gasteiger partial charge is 0.490 e. The number of carbonyl (C=O) groups is 5. The van der Waals surface area contributed by atoms with Crippen LogP contribution in [0.1, 0.15) is 39.5 Å². The maximum absolute atomic E-state index is 12.2. The first-order valence-corrected chi connectivity index (χ1v) is 9.38. The molecule has 2 atom stereocenters. The van der Waals surface area contributed by atoms with Gasteiger partial charge in [-0.15, -0.1) is 0 Å². The molecule has 0 heterocycles. The van der Waals surface area contributed by atoms with E-state index in [1.54, 1.807) is 13.8 Å². The van der Waals surface area contributed by atoms with Crippen LogP contribution in [0.4, 0.5) is 13.2 Å². The first-order valence-electron chi connectivity index (χ1n) is 9.38. The van der Waals surface area contributed by atoms with Crippen LogP contribution in [0.25, 0.3) is 0 Å². The fourth-order valence-corrected chi connectivity index (χ4v) is 2.02. The number of unbranched alkanes of at least 4 members (excludes halogenated alkanes) is 1. The summed E-state index contributed by atoms with van der Waals surface area (Å²) in [6.45, 7) is 3.55. The number of halogens is 3. The molecule has 0 spiro atoms. The number of nitrogens with zero attached hydrogens (tertiary/aromatic N) is 1. The van der Waals surface area contributed by atoms with Crippen molar-refractivity contribution in [2.24, 2.45) is 22.4 Å². The van der Waals surface area contributed by atoms with Crippen LogP contribution in [0.3, 0.4) is 0 Å². The Hall–Kier alpha value is -3.59. The van der Waals surface area contributed by atoms with Crippen LogP contribution >= 0.6 is 0 Å². The fraction of sp³-hybridized carbons (Fsp3) is 0.647. The van der Waals surface area contributed by atoms with Crippen LogP contribution in [0.5, 0.6) is 0 Å². The maximum atomic E-state index is 12.2. The van der Waals surface area contributed by atoms with Crippen molar-refractivity contribution in [3.63, 3.8) is 0 Å². The van der Waals surface area contributed by atoms with Crippen molar-refractivity contribution < 1.29 is 52.5 Å². The van der Waals surface area contributed by atoms with Crippen LogP contribution in [0, 0.1) is 5.92 Å². The van der Waals surface area contributed by atoms with E-state index in [1.165, 1.54) is 0 Å². The van der Waals surface area contributed by atoms with Crippen LogP contribution < -0.4 is 22.1 Å². The quantitative estimate of drug-likeness (QED) is 0.103. The van der Waals surface area contributed by atoms with Gasteiger partial charge in [0.2, 0.25) is 11.8 Å². The van der Waals surface area contributed by atoms with Gasteiger partial charge in [-0.3, -0.25) is 19.4 Å². The zero-order valence-electron chi connectivity index (χ0n) is 17.9. The highest BCUT2D eigenvalue weighted by atomic mass is 19.4. The lowest BCUT2D eigenvalue weighted by molar-refractivity contribution is -0.192. The number of aliphatic carboxylic acids is 3. The van der Waals surface area contributed by atoms with Crippen molar-refractivity contribution in [3.8, 4) is 0 Å². The maximum Gasteiger partial charge on any atom is 0.490 e. The van der Waals surface area contributed by atoms with E-state index in [0.717, 1.165) is 0 Å². The summed E-state index contributed by atoms with van der Waals surface area (Å²) in [5.41, 5.74) is 10.3. The number of carboxylic acid groups (broad SMARTS) is 3. The van der Waals surface area contributed by atoms with Crippen LogP contribution in [0.2, 0.25) is 0 Å². The minimum absolute atomic E-state index is 0.0502.